The Morgan fingerprint density at radius 1 is 1.19 bits per heavy atom. The minimum Gasteiger partial charge on any atom is -0.496 e. The summed E-state index contributed by atoms with van der Waals surface area (Å²) in [5, 5.41) is 10.9. The zero-order valence-electron chi connectivity index (χ0n) is 14.2. The minimum atomic E-state index is -0.654. The summed E-state index contributed by atoms with van der Waals surface area (Å²) in [7, 11) is 1.58. The number of aryl methyl sites for hydroxylation is 1. The Kier molecular flexibility index (Phi) is 5.09. The number of carbonyl (C=O) groups is 1. The van der Waals surface area contributed by atoms with Crippen molar-refractivity contribution in [2.45, 2.75) is 13.5 Å². The third-order valence-corrected chi connectivity index (χ3v) is 4.09. The van der Waals surface area contributed by atoms with Crippen LogP contribution in [0.25, 0.3) is 11.3 Å². The number of aromatic amines is 1. The summed E-state index contributed by atoms with van der Waals surface area (Å²) in [5.41, 5.74) is 8.19. The Morgan fingerprint density at radius 3 is 2.65 bits per heavy atom. The van der Waals surface area contributed by atoms with Crippen LogP contribution in [-0.4, -0.2) is 28.4 Å². The molecule has 1 heterocycles. The van der Waals surface area contributed by atoms with Gasteiger partial charge in [0.15, 0.2) is 5.69 Å². The van der Waals surface area contributed by atoms with Crippen molar-refractivity contribution in [3.05, 3.63) is 58.2 Å². The monoisotopic (exact) mass is 372 g/mol. The molecule has 3 rings (SSSR count). The number of nitrogens with zero attached hydrogens (tertiary/aromatic N) is 2. The molecule has 0 atom stereocenters. The molecule has 1 aromatic heterocycles. The van der Waals surface area contributed by atoms with E-state index in [0.717, 1.165) is 16.9 Å². The second-order valence-corrected chi connectivity index (χ2v) is 6.05. The van der Waals surface area contributed by atoms with Crippen molar-refractivity contribution in [3.63, 3.8) is 0 Å². The van der Waals surface area contributed by atoms with Crippen LogP contribution in [0.5, 0.6) is 11.5 Å². The zero-order valence-corrected chi connectivity index (χ0v) is 15.0. The third-order valence-electron chi connectivity index (χ3n) is 3.86. The van der Waals surface area contributed by atoms with E-state index in [2.05, 4.69) is 15.4 Å². The highest BCUT2D eigenvalue weighted by Gasteiger charge is 2.17. The van der Waals surface area contributed by atoms with Gasteiger partial charge in [0.05, 0.1) is 7.11 Å². The number of ether oxygens (including phenoxy) is 2. The van der Waals surface area contributed by atoms with Gasteiger partial charge in [0.2, 0.25) is 0 Å². The third kappa shape index (κ3) is 3.62. The van der Waals surface area contributed by atoms with Crippen LogP contribution >= 0.6 is 11.6 Å². The van der Waals surface area contributed by atoms with E-state index in [1.54, 1.807) is 25.3 Å². The quantitative estimate of drug-likeness (QED) is 0.692. The van der Waals surface area contributed by atoms with Gasteiger partial charge in [0.25, 0.3) is 5.91 Å². The van der Waals surface area contributed by atoms with Crippen molar-refractivity contribution >= 4 is 17.5 Å². The molecule has 2 aromatic carbocycles. The fraction of sp³-hybridized carbons (Fsp3) is 0.167. The summed E-state index contributed by atoms with van der Waals surface area (Å²) in [6, 6.07) is 10.8. The highest BCUT2D eigenvalue weighted by atomic mass is 35.5. The minimum absolute atomic E-state index is 0.0792. The second-order valence-electron chi connectivity index (χ2n) is 5.61. The van der Waals surface area contributed by atoms with Gasteiger partial charge in [0, 0.05) is 16.1 Å². The van der Waals surface area contributed by atoms with E-state index in [0.29, 0.717) is 22.0 Å². The highest BCUT2D eigenvalue weighted by molar-refractivity contribution is 6.30. The zero-order chi connectivity index (χ0) is 18.7. The van der Waals surface area contributed by atoms with Crippen LogP contribution in [0, 0.1) is 6.92 Å². The summed E-state index contributed by atoms with van der Waals surface area (Å²) in [6.07, 6.45) is 0. The number of nitrogens with one attached hydrogen (secondary N) is 1. The molecule has 1 amide bonds. The van der Waals surface area contributed by atoms with Crippen LogP contribution in [0.15, 0.2) is 36.4 Å². The van der Waals surface area contributed by atoms with Crippen molar-refractivity contribution in [1.82, 2.24) is 15.4 Å². The number of hydrogen-bond acceptors (Lipinski definition) is 5. The topological polar surface area (TPSA) is 103 Å². The molecule has 3 N–H and O–H groups in total. The van der Waals surface area contributed by atoms with E-state index in [9.17, 15) is 4.79 Å². The van der Waals surface area contributed by atoms with E-state index in [4.69, 9.17) is 26.8 Å². The lowest BCUT2D eigenvalue weighted by Crippen LogP contribution is -2.12. The molecule has 3 aromatic rings. The van der Waals surface area contributed by atoms with E-state index in [1.165, 1.54) is 0 Å². The van der Waals surface area contributed by atoms with Gasteiger partial charge in [-0.15, -0.1) is 0 Å². The lowest BCUT2D eigenvalue weighted by Gasteiger charge is -2.13. The Hall–Kier alpha value is -3.06. The molecule has 0 aliphatic carbocycles. The summed E-state index contributed by atoms with van der Waals surface area (Å²) in [4.78, 5) is 11.5. The van der Waals surface area contributed by atoms with Gasteiger partial charge in [-0.3, -0.25) is 4.79 Å². The molecule has 0 saturated carbocycles. The molecule has 0 aliphatic rings. The number of halogens is 1. The smallest absolute Gasteiger partial charge is 0.271 e. The Morgan fingerprint density at radius 2 is 1.96 bits per heavy atom. The Balaban J connectivity index is 1.90. The van der Waals surface area contributed by atoms with Crippen molar-refractivity contribution in [3.8, 4) is 22.8 Å². The lowest BCUT2D eigenvalue weighted by atomic mass is 10.1. The number of hydrogen-bond donors (Lipinski definition) is 2. The maximum atomic E-state index is 11.5. The normalized spacial score (nSPS) is 10.6. The molecule has 134 valence electrons. The summed E-state index contributed by atoms with van der Waals surface area (Å²) in [5.74, 6) is 0.727. The van der Waals surface area contributed by atoms with Gasteiger partial charge in [-0.1, -0.05) is 11.6 Å². The molecule has 0 aliphatic heterocycles. The molecule has 0 unspecified atom stereocenters. The van der Waals surface area contributed by atoms with Crippen molar-refractivity contribution in [2.24, 2.45) is 5.73 Å². The molecule has 8 heteroatoms. The molecule has 0 fully saturated rings. The van der Waals surface area contributed by atoms with E-state index in [1.807, 2.05) is 25.1 Å². The highest BCUT2D eigenvalue weighted by Crippen LogP contribution is 2.29. The molecular formula is C18H17ClN4O3. The van der Waals surface area contributed by atoms with Crippen LogP contribution in [0.2, 0.25) is 5.02 Å². The van der Waals surface area contributed by atoms with Crippen molar-refractivity contribution in [1.29, 1.82) is 0 Å². The van der Waals surface area contributed by atoms with Crippen LogP contribution in [-0.2, 0) is 6.61 Å². The standard InChI is InChI=1S/C18H17ClN4O3/c1-10-7-13(19)4-6-14(10)26-9-12-8-11(3-5-15(12)25-2)16-17(18(20)24)22-23-21-16/h3-8H,9H2,1-2H3,(H2,20,24)(H,21,22,23). The predicted octanol–water partition coefficient (Wildman–Crippen LogP) is 3.12. The van der Waals surface area contributed by atoms with Gasteiger partial charge < -0.3 is 15.2 Å². The number of benzene rings is 2. The van der Waals surface area contributed by atoms with E-state index < -0.39 is 5.91 Å². The van der Waals surface area contributed by atoms with Crippen molar-refractivity contribution < 1.29 is 14.3 Å². The van der Waals surface area contributed by atoms with Crippen molar-refractivity contribution in [2.75, 3.05) is 7.11 Å². The largest absolute Gasteiger partial charge is 0.496 e. The summed E-state index contributed by atoms with van der Waals surface area (Å²) in [6.45, 7) is 2.19. The number of rotatable bonds is 6. The fourth-order valence-electron chi connectivity index (χ4n) is 2.57. The fourth-order valence-corrected chi connectivity index (χ4v) is 2.80. The maximum absolute atomic E-state index is 11.5. The number of primary amides is 1. The van der Waals surface area contributed by atoms with Crippen LogP contribution < -0.4 is 15.2 Å². The molecule has 0 bridgehead atoms. The number of aromatic nitrogens is 3. The molecule has 0 saturated heterocycles. The SMILES string of the molecule is COc1ccc(-c2n[nH]nc2C(N)=O)cc1COc1ccc(Cl)cc1C. The molecule has 26 heavy (non-hydrogen) atoms. The van der Waals surface area contributed by atoms with Gasteiger partial charge >= 0.3 is 0 Å². The average molecular weight is 373 g/mol. The van der Waals surface area contributed by atoms with Gasteiger partial charge in [-0.25, -0.2) is 0 Å². The maximum Gasteiger partial charge on any atom is 0.271 e. The number of methoxy groups -OCH3 is 1. The number of nitrogens with two attached hydrogens (primary N) is 1. The lowest BCUT2D eigenvalue weighted by molar-refractivity contribution is 0.0996. The van der Waals surface area contributed by atoms with Gasteiger partial charge in [0.1, 0.15) is 23.8 Å². The Bertz CT molecular complexity index is 955. The number of H-pyrrole nitrogens is 1. The summed E-state index contributed by atoms with van der Waals surface area (Å²) < 4.78 is 11.3. The average Bonchev–Trinajstić information content (AvgIpc) is 3.11. The first-order chi connectivity index (χ1) is 12.5. The molecular weight excluding hydrogens is 356 g/mol. The first-order valence-corrected chi connectivity index (χ1v) is 8.14. The molecule has 7 nitrogen and oxygen atoms in total. The predicted molar refractivity (Wildman–Crippen MR) is 97.4 cm³/mol. The van der Waals surface area contributed by atoms with E-state index >= 15 is 0 Å². The first-order valence-electron chi connectivity index (χ1n) is 7.76. The van der Waals surface area contributed by atoms with Gasteiger partial charge in [-0.05, 0) is 48.9 Å². The molecule has 0 radical (unpaired) electrons. The molecule has 0 spiro atoms. The number of amides is 1. The van der Waals surface area contributed by atoms with E-state index in [-0.39, 0.29) is 12.3 Å². The Labute approximate surface area is 155 Å². The first kappa shape index (κ1) is 17.8. The second kappa shape index (κ2) is 7.45. The van der Waals surface area contributed by atoms with Crippen LogP contribution in [0.1, 0.15) is 21.6 Å². The van der Waals surface area contributed by atoms with Crippen LogP contribution in [0.3, 0.4) is 0 Å². The van der Waals surface area contributed by atoms with Gasteiger partial charge in [-0.2, -0.15) is 15.4 Å². The number of carbonyl (C=O) groups excluding carboxylic acids is 1. The summed E-state index contributed by atoms with van der Waals surface area (Å²) >= 11 is 5.97. The van der Waals surface area contributed by atoms with Crippen LogP contribution in [0.4, 0.5) is 0 Å².